The molecule has 3 rings (SSSR count). The third kappa shape index (κ3) is 5.17. The quantitative estimate of drug-likeness (QED) is 0.799. The minimum atomic E-state index is -0.551. The minimum Gasteiger partial charge on any atom is -0.452 e. The van der Waals surface area contributed by atoms with Crippen LogP contribution in [0.1, 0.15) is 39.8 Å². The maximum atomic E-state index is 12.2. The van der Waals surface area contributed by atoms with Gasteiger partial charge in [0.25, 0.3) is 11.8 Å². The summed E-state index contributed by atoms with van der Waals surface area (Å²) in [6.45, 7) is 3.31. The van der Waals surface area contributed by atoms with Crippen molar-refractivity contribution in [3.8, 4) is 0 Å². The normalized spacial score (nSPS) is 16.6. The summed E-state index contributed by atoms with van der Waals surface area (Å²) in [5.41, 5.74) is 0.923. The highest BCUT2D eigenvalue weighted by Gasteiger charge is 2.22. The van der Waals surface area contributed by atoms with E-state index in [-0.39, 0.29) is 18.4 Å². The van der Waals surface area contributed by atoms with E-state index in [1.807, 2.05) is 11.4 Å². The van der Waals surface area contributed by atoms with Gasteiger partial charge in [-0.25, -0.2) is 4.79 Å². The van der Waals surface area contributed by atoms with Crippen LogP contribution in [0.3, 0.4) is 0 Å². The lowest BCUT2D eigenvalue weighted by Crippen LogP contribution is -2.41. The van der Waals surface area contributed by atoms with Crippen LogP contribution in [0.15, 0.2) is 41.8 Å². The zero-order valence-electron chi connectivity index (χ0n) is 15.1. The molecule has 1 N–H and O–H groups in total. The molecule has 2 aromatic rings. The second-order valence-corrected chi connectivity index (χ2v) is 7.62. The van der Waals surface area contributed by atoms with Crippen molar-refractivity contribution in [3.63, 3.8) is 0 Å². The topological polar surface area (TPSA) is 75.7 Å². The van der Waals surface area contributed by atoms with Gasteiger partial charge in [-0.05, 0) is 54.5 Å². The van der Waals surface area contributed by atoms with E-state index < -0.39 is 5.97 Å². The van der Waals surface area contributed by atoms with E-state index in [2.05, 4.69) is 12.2 Å². The highest BCUT2D eigenvalue weighted by Crippen LogP contribution is 2.16. The van der Waals surface area contributed by atoms with Crippen LogP contribution in [0.2, 0.25) is 0 Å². The van der Waals surface area contributed by atoms with Crippen LogP contribution in [0.4, 0.5) is 5.69 Å². The summed E-state index contributed by atoms with van der Waals surface area (Å²) < 4.78 is 5.14. The molecule has 0 radical (unpaired) electrons. The molecule has 7 heteroatoms. The van der Waals surface area contributed by atoms with E-state index in [1.54, 1.807) is 35.2 Å². The number of hydrogen-bond acceptors (Lipinski definition) is 5. The Labute approximate surface area is 162 Å². The van der Waals surface area contributed by atoms with Gasteiger partial charge in [0.1, 0.15) is 0 Å². The van der Waals surface area contributed by atoms with Crippen molar-refractivity contribution in [2.75, 3.05) is 25.0 Å². The first kappa shape index (κ1) is 19.1. The molecule has 1 aliphatic heterocycles. The number of anilines is 1. The summed E-state index contributed by atoms with van der Waals surface area (Å²) in [5.74, 6) is -0.420. The van der Waals surface area contributed by atoms with Gasteiger partial charge in [0, 0.05) is 18.8 Å². The number of amides is 2. The molecule has 142 valence electrons. The SMILES string of the molecule is C[C@@H]1CCCN(C(=O)COC(=O)c2ccc(NC(=O)c3cccs3)cc2)C1. The lowest BCUT2D eigenvalue weighted by molar-refractivity contribution is -0.136. The zero-order chi connectivity index (χ0) is 19.2. The van der Waals surface area contributed by atoms with Gasteiger partial charge in [0.2, 0.25) is 0 Å². The number of nitrogens with one attached hydrogen (secondary N) is 1. The van der Waals surface area contributed by atoms with Crippen molar-refractivity contribution >= 4 is 34.8 Å². The van der Waals surface area contributed by atoms with Crippen LogP contribution in [0, 0.1) is 5.92 Å². The molecule has 0 unspecified atom stereocenters. The third-order valence-corrected chi connectivity index (χ3v) is 5.33. The number of ether oxygens (including phenoxy) is 1. The van der Waals surface area contributed by atoms with Crippen LogP contribution in [-0.4, -0.2) is 42.4 Å². The highest BCUT2D eigenvalue weighted by molar-refractivity contribution is 7.12. The predicted molar refractivity (Wildman–Crippen MR) is 104 cm³/mol. The van der Waals surface area contributed by atoms with Crippen LogP contribution < -0.4 is 5.32 Å². The van der Waals surface area contributed by atoms with Crippen molar-refractivity contribution in [1.82, 2.24) is 4.90 Å². The summed E-state index contributed by atoms with van der Waals surface area (Å²) in [7, 11) is 0. The average molecular weight is 386 g/mol. The second-order valence-electron chi connectivity index (χ2n) is 6.67. The van der Waals surface area contributed by atoms with E-state index >= 15 is 0 Å². The zero-order valence-corrected chi connectivity index (χ0v) is 16.0. The first-order chi connectivity index (χ1) is 13.0. The Kier molecular flexibility index (Phi) is 6.24. The van der Waals surface area contributed by atoms with E-state index in [0.717, 1.165) is 25.9 Å². The molecule has 1 aliphatic rings. The van der Waals surface area contributed by atoms with Gasteiger partial charge in [-0.15, -0.1) is 11.3 Å². The highest BCUT2D eigenvalue weighted by atomic mass is 32.1. The standard InChI is InChI=1S/C20H22N2O4S/c1-14-4-2-10-22(12-14)18(23)13-26-20(25)15-6-8-16(9-7-15)21-19(24)17-5-3-11-27-17/h3,5-9,11,14H,2,4,10,12-13H2,1H3,(H,21,24)/t14-/m1/s1. The molecule has 1 saturated heterocycles. The molecule has 0 bridgehead atoms. The Morgan fingerprint density at radius 1 is 1.22 bits per heavy atom. The molecule has 0 aliphatic carbocycles. The maximum Gasteiger partial charge on any atom is 0.338 e. The molecule has 27 heavy (non-hydrogen) atoms. The molecule has 2 heterocycles. The molecule has 1 fully saturated rings. The molecule has 1 aromatic carbocycles. The molecule has 2 amide bonds. The Morgan fingerprint density at radius 2 is 2.00 bits per heavy atom. The minimum absolute atomic E-state index is 0.158. The first-order valence-corrected chi connectivity index (χ1v) is 9.80. The summed E-state index contributed by atoms with van der Waals surface area (Å²) in [6.07, 6.45) is 2.11. The van der Waals surface area contributed by atoms with Crippen molar-refractivity contribution < 1.29 is 19.1 Å². The summed E-state index contributed by atoms with van der Waals surface area (Å²) in [4.78, 5) is 38.7. The number of rotatable bonds is 5. The van der Waals surface area contributed by atoms with E-state index in [1.165, 1.54) is 11.3 Å². The largest absolute Gasteiger partial charge is 0.452 e. The van der Waals surface area contributed by atoms with E-state index in [0.29, 0.717) is 22.0 Å². The van der Waals surface area contributed by atoms with E-state index in [4.69, 9.17) is 4.74 Å². The Hall–Kier alpha value is -2.67. The number of nitrogens with zero attached hydrogens (tertiary/aromatic N) is 1. The number of thiophene rings is 1. The molecule has 0 spiro atoms. The number of piperidine rings is 1. The lowest BCUT2D eigenvalue weighted by Gasteiger charge is -2.30. The molecule has 6 nitrogen and oxygen atoms in total. The second kappa shape index (κ2) is 8.81. The number of carbonyl (C=O) groups is 3. The van der Waals surface area contributed by atoms with Gasteiger partial charge < -0.3 is 15.0 Å². The number of likely N-dealkylation sites (tertiary alicyclic amines) is 1. The van der Waals surface area contributed by atoms with Gasteiger partial charge >= 0.3 is 5.97 Å². The summed E-state index contributed by atoms with van der Waals surface area (Å²) in [6, 6.07) is 9.96. The van der Waals surface area contributed by atoms with Gasteiger partial charge in [-0.1, -0.05) is 13.0 Å². The van der Waals surface area contributed by atoms with Crippen LogP contribution in [0.25, 0.3) is 0 Å². The third-order valence-electron chi connectivity index (χ3n) is 4.46. The number of hydrogen-bond donors (Lipinski definition) is 1. The Balaban J connectivity index is 1.50. The van der Waals surface area contributed by atoms with Gasteiger partial charge in [0.15, 0.2) is 6.61 Å². The van der Waals surface area contributed by atoms with Crippen molar-refractivity contribution in [1.29, 1.82) is 0 Å². The molecule has 1 aromatic heterocycles. The van der Waals surface area contributed by atoms with Crippen molar-refractivity contribution in [3.05, 3.63) is 52.2 Å². The summed E-state index contributed by atoms with van der Waals surface area (Å²) >= 11 is 1.36. The fraction of sp³-hybridized carbons (Fsp3) is 0.350. The predicted octanol–water partition coefficient (Wildman–Crippen LogP) is 3.42. The Bertz CT molecular complexity index is 802. The van der Waals surface area contributed by atoms with Crippen molar-refractivity contribution in [2.24, 2.45) is 5.92 Å². The van der Waals surface area contributed by atoms with Gasteiger partial charge in [0.05, 0.1) is 10.4 Å². The first-order valence-electron chi connectivity index (χ1n) is 8.93. The van der Waals surface area contributed by atoms with Gasteiger partial charge in [-0.3, -0.25) is 9.59 Å². The van der Waals surface area contributed by atoms with Crippen molar-refractivity contribution in [2.45, 2.75) is 19.8 Å². The van der Waals surface area contributed by atoms with Crippen LogP contribution in [0.5, 0.6) is 0 Å². The van der Waals surface area contributed by atoms with E-state index in [9.17, 15) is 14.4 Å². The van der Waals surface area contributed by atoms with Crippen LogP contribution in [-0.2, 0) is 9.53 Å². The molecule has 1 atom stereocenters. The summed E-state index contributed by atoms with van der Waals surface area (Å²) in [5, 5.41) is 4.60. The fourth-order valence-electron chi connectivity index (χ4n) is 3.01. The maximum absolute atomic E-state index is 12.2. The Morgan fingerprint density at radius 3 is 2.67 bits per heavy atom. The fourth-order valence-corrected chi connectivity index (χ4v) is 3.63. The molecular weight excluding hydrogens is 364 g/mol. The number of carbonyl (C=O) groups excluding carboxylic acids is 3. The lowest BCUT2D eigenvalue weighted by atomic mass is 10.0. The average Bonchev–Trinajstić information content (AvgIpc) is 3.21. The molecule has 0 saturated carbocycles. The van der Waals surface area contributed by atoms with Crippen LogP contribution >= 0.6 is 11.3 Å². The number of esters is 1. The van der Waals surface area contributed by atoms with Gasteiger partial charge in [-0.2, -0.15) is 0 Å². The number of benzene rings is 1. The molecular formula is C20H22N2O4S. The smallest absolute Gasteiger partial charge is 0.338 e. The monoisotopic (exact) mass is 386 g/mol.